The van der Waals surface area contributed by atoms with Crippen LogP contribution in [-0.2, 0) is 6.42 Å². The molecule has 0 bridgehead atoms. The van der Waals surface area contributed by atoms with Gasteiger partial charge in [-0.25, -0.2) is 4.98 Å². The number of fused-ring (bicyclic) bond motifs is 1. The second-order valence-electron chi connectivity index (χ2n) is 6.03. The first-order valence-corrected chi connectivity index (χ1v) is 8.29. The van der Waals surface area contributed by atoms with Crippen LogP contribution < -0.4 is 11.3 Å². The second-order valence-corrected chi connectivity index (χ2v) is 6.90. The van der Waals surface area contributed by atoms with Gasteiger partial charge in [-0.15, -0.1) is 11.3 Å². The molecule has 3 heterocycles. The Morgan fingerprint density at radius 1 is 1.48 bits per heavy atom. The summed E-state index contributed by atoms with van der Waals surface area (Å²) in [6, 6.07) is 0.807. The van der Waals surface area contributed by atoms with E-state index in [1.54, 1.807) is 11.3 Å². The van der Waals surface area contributed by atoms with Gasteiger partial charge in [-0.3, -0.25) is 15.7 Å². The highest BCUT2D eigenvalue weighted by atomic mass is 32.1. The van der Waals surface area contributed by atoms with Gasteiger partial charge in [0, 0.05) is 55.9 Å². The summed E-state index contributed by atoms with van der Waals surface area (Å²) in [5, 5.41) is 2.05. The molecule has 7 heteroatoms. The van der Waals surface area contributed by atoms with Crippen LogP contribution in [0.5, 0.6) is 0 Å². The lowest BCUT2D eigenvalue weighted by atomic mass is 10.0. The first-order chi connectivity index (χ1) is 10.2. The minimum absolute atomic E-state index is 0.258. The maximum Gasteiger partial charge on any atom is 0.193 e. The van der Waals surface area contributed by atoms with Gasteiger partial charge in [0.15, 0.2) is 4.96 Å². The predicted molar refractivity (Wildman–Crippen MR) is 86.4 cm³/mol. The van der Waals surface area contributed by atoms with Crippen molar-refractivity contribution in [2.75, 3.05) is 33.7 Å². The van der Waals surface area contributed by atoms with Crippen LogP contribution in [0.2, 0.25) is 0 Å². The molecule has 1 aliphatic heterocycles. The van der Waals surface area contributed by atoms with Crippen LogP contribution in [0.15, 0.2) is 17.8 Å². The number of piperazine rings is 1. The fourth-order valence-electron chi connectivity index (χ4n) is 3.02. The average molecular weight is 308 g/mol. The molecule has 1 fully saturated rings. The maximum absolute atomic E-state index is 5.77. The predicted octanol–water partition coefficient (Wildman–Crippen LogP) is 0.406. The van der Waals surface area contributed by atoms with E-state index in [0.717, 1.165) is 43.1 Å². The molecule has 2 aromatic heterocycles. The van der Waals surface area contributed by atoms with E-state index in [-0.39, 0.29) is 6.04 Å². The Labute approximate surface area is 129 Å². The van der Waals surface area contributed by atoms with Crippen LogP contribution >= 0.6 is 11.3 Å². The largest absolute Gasteiger partial charge is 0.304 e. The minimum atomic E-state index is 0.258. The number of imidazole rings is 1. The van der Waals surface area contributed by atoms with Gasteiger partial charge in [-0.1, -0.05) is 0 Å². The molecule has 2 atom stereocenters. The highest BCUT2D eigenvalue weighted by molar-refractivity contribution is 7.15. The van der Waals surface area contributed by atoms with E-state index in [1.807, 2.05) is 6.20 Å². The van der Waals surface area contributed by atoms with Gasteiger partial charge in [-0.2, -0.15) is 0 Å². The number of aromatic nitrogens is 2. The van der Waals surface area contributed by atoms with Crippen LogP contribution in [-0.4, -0.2) is 65.0 Å². The standard InChI is InChI=1S/C14H24N6S/c1-18-3-4-19(2)13(10-18)8-11(17-15)7-12-9-20-5-6-21-14(20)16-12/h5-6,9,11,13,17H,3-4,7-8,10,15H2,1-2H3. The van der Waals surface area contributed by atoms with Crippen molar-refractivity contribution in [3.63, 3.8) is 0 Å². The summed E-state index contributed by atoms with van der Waals surface area (Å²) in [4.78, 5) is 10.5. The lowest BCUT2D eigenvalue weighted by Gasteiger charge is -2.39. The molecular formula is C14H24N6S. The molecule has 3 rings (SSSR count). The van der Waals surface area contributed by atoms with E-state index in [0.29, 0.717) is 6.04 Å². The summed E-state index contributed by atoms with van der Waals surface area (Å²) in [5.41, 5.74) is 4.09. The number of hydrogen-bond acceptors (Lipinski definition) is 6. The second kappa shape index (κ2) is 6.41. The molecule has 0 aliphatic carbocycles. The van der Waals surface area contributed by atoms with E-state index in [2.05, 4.69) is 50.3 Å². The first-order valence-electron chi connectivity index (χ1n) is 7.41. The quantitative estimate of drug-likeness (QED) is 0.619. The van der Waals surface area contributed by atoms with Crippen LogP contribution in [0.25, 0.3) is 4.96 Å². The zero-order valence-electron chi connectivity index (χ0n) is 12.7. The molecule has 0 aromatic carbocycles. The molecule has 2 aromatic rings. The van der Waals surface area contributed by atoms with Crippen molar-refractivity contribution < 1.29 is 0 Å². The number of hydrazine groups is 1. The molecule has 21 heavy (non-hydrogen) atoms. The van der Waals surface area contributed by atoms with E-state index >= 15 is 0 Å². The van der Waals surface area contributed by atoms with Crippen molar-refractivity contribution in [1.82, 2.24) is 24.6 Å². The lowest BCUT2D eigenvalue weighted by molar-refractivity contribution is 0.101. The third kappa shape index (κ3) is 3.44. The Kier molecular flexibility index (Phi) is 4.56. The van der Waals surface area contributed by atoms with Gasteiger partial charge in [0.25, 0.3) is 0 Å². The van der Waals surface area contributed by atoms with Gasteiger partial charge < -0.3 is 9.80 Å². The van der Waals surface area contributed by atoms with E-state index < -0.39 is 0 Å². The molecule has 116 valence electrons. The van der Waals surface area contributed by atoms with E-state index in [1.165, 1.54) is 0 Å². The van der Waals surface area contributed by atoms with Gasteiger partial charge in [-0.05, 0) is 20.5 Å². The van der Waals surface area contributed by atoms with Crippen molar-refractivity contribution >= 4 is 16.3 Å². The Morgan fingerprint density at radius 2 is 2.33 bits per heavy atom. The fourth-order valence-corrected chi connectivity index (χ4v) is 3.74. The highest BCUT2D eigenvalue weighted by Gasteiger charge is 2.25. The molecule has 0 saturated carbocycles. The topological polar surface area (TPSA) is 61.8 Å². The Hall–Kier alpha value is -0.990. The number of thiazole rings is 1. The Morgan fingerprint density at radius 3 is 3.10 bits per heavy atom. The van der Waals surface area contributed by atoms with Crippen molar-refractivity contribution in [3.8, 4) is 0 Å². The average Bonchev–Trinajstić information content (AvgIpc) is 3.03. The first kappa shape index (κ1) is 14.9. The van der Waals surface area contributed by atoms with Crippen LogP contribution in [0, 0.1) is 0 Å². The highest BCUT2D eigenvalue weighted by Crippen LogP contribution is 2.16. The van der Waals surface area contributed by atoms with Crippen molar-refractivity contribution in [3.05, 3.63) is 23.5 Å². The molecule has 1 saturated heterocycles. The van der Waals surface area contributed by atoms with Gasteiger partial charge in [0.05, 0.1) is 5.69 Å². The van der Waals surface area contributed by atoms with Crippen molar-refractivity contribution in [1.29, 1.82) is 0 Å². The minimum Gasteiger partial charge on any atom is -0.304 e. The summed E-state index contributed by atoms with van der Waals surface area (Å²) < 4.78 is 2.08. The van der Waals surface area contributed by atoms with Crippen LogP contribution in [0.3, 0.4) is 0 Å². The van der Waals surface area contributed by atoms with Gasteiger partial charge >= 0.3 is 0 Å². The molecule has 6 nitrogen and oxygen atoms in total. The summed E-state index contributed by atoms with van der Waals surface area (Å²) >= 11 is 1.66. The number of nitrogens with zero attached hydrogens (tertiary/aromatic N) is 4. The zero-order chi connectivity index (χ0) is 14.8. The monoisotopic (exact) mass is 308 g/mol. The van der Waals surface area contributed by atoms with Gasteiger partial charge in [0.2, 0.25) is 0 Å². The number of likely N-dealkylation sites (N-methyl/N-ethyl adjacent to an activating group) is 2. The molecule has 3 N–H and O–H groups in total. The van der Waals surface area contributed by atoms with Crippen molar-refractivity contribution in [2.45, 2.75) is 24.9 Å². The molecule has 2 unspecified atom stereocenters. The number of hydrogen-bond donors (Lipinski definition) is 2. The molecule has 0 spiro atoms. The van der Waals surface area contributed by atoms with Crippen LogP contribution in [0.1, 0.15) is 12.1 Å². The number of nitrogens with two attached hydrogens (primary N) is 1. The van der Waals surface area contributed by atoms with Crippen LogP contribution in [0.4, 0.5) is 0 Å². The normalized spacial score (nSPS) is 22.9. The molecule has 1 aliphatic rings. The Bertz CT molecular complexity index is 550. The van der Waals surface area contributed by atoms with Gasteiger partial charge in [0.1, 0.15) is 0 Å². The third-order valence-corrected chi connectivity index (χ3v) is 5.14. The Balaban J connectivity index is 1.63. The molecule has 0 amide bonds. The zero-order valence-corrected chi connectivity index (χ0v) is 13.5. The van der Waals surface area contributed by atoms with E-state index in [9.17, 15) is 0 Å². The lowest BCUT2D eigenvalue weighted by Crippen LogP contribution is -2.53. The number of nitrogens with one attached hydrogen (secondary N) is 1. The maximum atomic E-state index is 5.77. The summed E-state index contributed by atoms with van der Waals surface area (Å²) in [6.45, 7) is 3.37. The third-order valence-electron chi connectivity index (χ3n) is 4.37. The van der Waals surface area contributed by atoms with Crippen molar-refractivity contribution in [2.24, 2.45) is 5.84 Å². The number of rotatable bonds is 5. The smallest absolute Gasteiger partial charge is 0.193 e. The fraction of sp³-hybridized carbons (Fsp3) is 0.643. The summed E-state index contributed by atoms with van der Waals surface area (Å²) in [5.74, 6) is 5.77. The summed E-state index contributed by atoms with van der Waals surface area (Å²) in [7, 11) is 4.40. The van der Waals surface area contributed by atoms with E-state index in [4.69, 9.17) is 5.84 Å². The summed E-state index contributed by atoms with van der Waals surface area (Å²) in [6.07, 6.45) is 6.07. The molecular weight excluding hydrogens is 284 g/mol. The SMILES string of the molecule is CN1CCN(C)C(CC(Cc2cn3ccsc3n2)NN)C1. The molecule has 0 radical (unpaired) electrons.